The molecule has 3 fully saturated rings. The Labute approximate surface area is 265 Å². The highest BCUT2D eigenvalue weighted by atomic mass is 19.3. The van der Waals surface area contributed by atoms with E-state index in [1.807, 2.05) is 9.80 Å². The van der Waals surface area contributed by atoms with Gasteiger partial charge >= 0.3 is 0 Å². The van der Waals surface area contributed by atoms with Crippen molar-refractivity contribution >= 4 is 35.6 Å². The average Bonchev–Trinajstić information content (AvgIpc) is 3.08. The number of nitrogens with two attached hydrogens (primary N) is 1. The summed E-state index contributed by atoms with van der Waals surface area (Å²) in [5, 5.41) is 2.88. The van der Waals surface area contributed by atoms with Crippen molar-refractivity contribution in [3.63, 3.8) is 0 Å². The summed E-state index contributed by atoms with van der Waals surface area (Å²) in [4.78, 5) is 66.1. The number of nitrogens with one attached hydrogen (secondary N) is 1. The predicted molar refractivity (Wildman–Crippen MR) is 164 cm³/mol. The highest BCUT2D eigenvalue weighted by Gasteiger charge is 2.29. The Morgan fingerprint density at radius 2 is 1.61 bits per heavy atom. The lowest BCUT2D eigenvalue weighted by molar-refractivity contribution is -0.133. The van der Waals surface area contributed by atoms with Crippen LogP contribution < -0.4 is 20.9 Å². The molecule has 0 atom stereocenters. The van der Waals surface area contributed by atoms with Gasteiger partial charge in [-0.05, 0) is 25.8 Å². The first kappa shape index (κ1) is 32.8. The SMILES string of the molecule is C/C=C/C(=O)N1CCC(C(=O)NCCC(=O)N2CCN(c3nc(-c4cnc(N)nc4C(F)F)nc(N4CCOCC4)n3)CC2)CC1. The van der Waals surface area contributed by atoms with Gasteiger partial charge < -0.3 is 35.4 Å². The lowest BCUT2D eigenvalue weighted by atomic mass is 9.96. The molecule has 3 amide bonds. The normalized spacial score (nSPS) is 18.0. The number of morpholine rings is 1. The molecule has 5 rings (SSSR count). The number of anilines is 3. The number of carbonyl (C=O) groups excluding carboxylic acids is 3. The summed E-state index contributed by atoms with van der Waals surface area (Å²) in [6.45, 7) is 6.69. The van der Waals surface area contributed by atoms with Crippen LogP contribution in [-0.2, 0) is 19.1 Å². The van der Waals surface area contributed by atoms with E-state index in [1.165, 1.54) is 12.3 Å². The summed E-state index contributed by atoms with van der Waals surface area (Å²) in [6.07, 6.45) is 2.84. The molecule has 0 spiro atoms. The summed E-state index contributed by atoms with van der Waals surface area (Å²) < 4.78 is 33.2. The van der Waals surface area contributed by atoms with Gasteiger partial charge in [0, 0.05) is 77.4 Å². The molecule has 15 nitrogen and oxygen atoms in total. The van der Waals surface area contributed by atoms with Gasteiger partial charge in [-0.25, -0.2) is 18.7 Å². The number of hydrogen-bond acceptors (Lipinski definition) is 12. The van der Waals surface area contributed by atoms with Crippen molar-refractivity contribution in [2.45, 2.75) is 32.6 Å². The smallest absolute Gasteiger partial charge is 0.281 e. The summed E-state index contributed by atoms with van der Waals surface area (Å²) in [6, 6.07) is 0. The molecule has 3 aliphatic heterocycles. The number of piperazine rings is 1. The van der Waals surface area contributed by atoms with E-state index >= 15 is 0 Å². The van der Waals surface area contributed by atoms with Gasteiger partial charge in [0.25, 0.3) is 6.43 Å². The Kier molecular flexibility index (Phi) is 10.8. The molecule has 3 N–H and O–H groups in total. The van der Waals surface area contributed by atoms with Crippen LogP contribution in [0.4, 0.5) is 26.6 Å². The summed E-state index contributed by atoms with van der Waals surface area (Å²) in [5.74, 6) is -0.0650. The number of likely N-dealkylation sites (tertiary alicyclic amines) is 1. The van der Waals surface area contributed by atoms with E-state index in [4.69, 9.17) is 10.5 Å². The zero-order chi connectivity index (χ0) is 32.6. The first-order chi connectivity index (χ1) is 22.2. The fourth-order valence-electron chi connectivity index (χ4n) is 5.63. The molecular weight excluding hydrogens is 604 g/mol. The molecule has 3 saturated heterocycles. The zero-order valence-electron chi connectivity index (χ0n) is 25.8. The summed E-state index contributed by atoms with van der Waals surface area (Å²) in [5.41, 5.74) is 4.97. The zero-order valence-corrected chi connectivity index (χ0v) is 25.8. The Morgan fingerprint density at radius 1 is 0.957 bits per heavy atom. The number of nitrogens with zero attached hydrogens (tertiary/aromatic N) is 9. The standard InChI is InChI=1S/C29H39F2N11O4/c1-2-3-21(43)39-8-5-19(6-9-39)26(45)33-7-4-22(44)40-10-12-41(13-11-40)28-36-25(20-18-34-27(32)35-23(20)24(30)31)37-29(38-28)42-14-16-46-17-15-42/h2-3,18-19,24H,4-17H2,1H3,(H,33,45)(H2,32,34,35)/b3-2+. The maximum absolute atomic E-state index is 13.9. The van der Waals surface area contributed by atoms with Crippen LogP contribution in [0.3, 0.4) is 0 Å². The minimum Gasteiger partial charge on any atom is -0.378 e. The highest BCUT2D eigenvalue weighted by molar-refractivity contribution is 5.88. The molecule has 0 aliphatic carbocycles. The van der Waals surface area contributed by atoms with Gasteiger partial charge in [0.05, 0.1) is 18.8 Å². The Hall–Kier alpha value is -4.54. The molecule has 2 aromatic heterocycles. The second kappa shape index (κ2) is 15.2. The van der Waals surface area contributed by atoms with E-state index < -0.39 is 12.1 Å². The second-order valence-electron chi connectivity index (χ2n) is 11.2. The van der Waals surface area contributed by atoms with Gasteiger partial charge in [-0.3, -0.25) is 14.4 Å². The lowest BCUT2D eigenvalue weighted by Gasteiger charge is -2.35. The third-order valence-corrected chi connectivity index (χ3v) is 8.23. The molecule has 3 aliphatic rings. The van der Waals surface area contributed by atoms with E-state index in [2.05, 4.69) is 30.2 Å². The molecule has 0 bridgehead atoms. The van der Waals surface area contributed by atoms with Crippen LogP contribution >= 0.6 is 0 Å². The number of rotatable bonds is 9. The van der Waals surface area contributed by atoms with Gasteiger partial charge in [0.1, 0.15) is 5.69 Å². The predicted octanol–water partition coefficient (Wildman–Crippen LogP) is 0.655. The topological polar surface area (TPSA) is 176 Å². The minimum atomic E-state index is -2.92. The monoisotopic (exact) mass is 643 g/mol. The highest BCUT2D eigenvalue weighted by Crippen LogP contribution is 2.30. The van der Waals surface area contributed by atoms with Crippen LogP contribution in [-0.4, -0.2) is 125 Å². The number of carbonyl (C=O) groups is 3. The third-order valence-electron chi connectivity index (χ3n) is 8.23. The number of halogens is 2. The van der Waals surface area contributed by atoms with Gasteiger partial charge in [0.2, 0.25) is 35.6 Å². The Morgan fingerprint density at radius 3 is 2.24 bits per heavy atom. The van der Waals surface area contributed by atoms with E-state index in [1.54, 1.807) is 22.8 Å². The fourth-order valence-corrected chi connectivity index (χ4v) is 5.63. The van der Waals surface area contributed by atoms with Crippen LogP contribution in [0.1, 0.15) is 38.3 Å². The largest absolute Gasteiger partial charge is 0.378 e. The van der Waals surface area contributed by atoms with Gasteiger partial charge in [-0.1, -0.05) is 6.08 Å². The first-order valence-electron chi connectivity index (χ1n) is 15.4. The van der Waals surface area contributed by atoms with Gasteiger partial charge in [-0.2, -0.15) is 15.0 Å². The quantitative estimate of drug-likeness (QED) is 0.366. The maximum Gasteiger partial charge on any atom is 0.281 e. The van der Waals surface area contributed by atoms with Crippen molar-refractivity contribution in [1.82, 2.24) is 40.0 Å². The van der Waals surface area contributed by atoms with Crippen molar-refractivity contribution in [3.05, 3.63) is 24.0 Å². The number of hydrogen-bond donors (Lipinski definition) is 2. The van der Waals surface area contributed by atoms with E-state index in [0.717, 1.165) is 0 Å². The molecule has 0 saturated carbocycles. The van der Waals surface area contributed by atoms with Crippen molar-refractivity contribution in [2.75, 3.05) is 87.7 Å². The lowest BCUT2D eigenvalue weighted by Crippen LogP contribution is -2.50. The van der Waals surface area contributed by atoms with Crippen molar-refractivity contribution in [1.29, 1.82) is 0 Å². The minimum absolute atomic E-state index is 0.00566. The molecule has 248 valence electrons. The van der Waals surface area contributed by atoms with Crippen LogP contribution in [0.5, 0.6) is 0 Å². The maximum atomic E-state index is 13.9. The van der Waals surface area contributed by atoms with E-state index in [0.29, 0.717) is 90.3 Å². The molecular formula is C29H39F2N11O4. The number of aromatic nitrogens is 5. The van der Waals surface area contributed by atoms with Crippen LogP contribution in [0.25, 0.3) is 11.4 Å². The number of nitrogen functional groups attached to an aromatic ring is 1. The fraction of sp³-hybridized carbons (Fsp3) is 0.586. The summed E-state index contributed by atoms with van der Waals surface area (Å²) in [7, 11) is 0. The van der Waals surface area contributed by atoms with Crippen LogP contribution in [0.15, 0.2) is 18.3 Å². The van der Waals surface area contributed by atoms with Gasteiger partial charge in [-0.15, -0.1) is 0 Å². The molecule has 46 heavy (non-hydrogen) atoms. The third kappa shape index (κ3) is 7.99. The van der Waals surface area contributed by atoms with Crippen molar-refractivity contribution in [3.8, 4) is 11.4 Å². The number of piperidine rings is 1. The molecule has 2 aromatic rings. The number of amides is 3. The number of allylic oxidation sites excluding steroid dienone is 1. The molecule has 0 aromatic carbocycles. The van der Waals surface area contributed by atoms with E-state index in [9.17, 15) is 23.2 Å². The summed E-state index contributed by atoms with van der Waals surface area (Å²) >= 11 is 0. The molecule has 5 heterocycles. The molecule has 17 heteroatoms. The van der Waals surface area contributed by atoms with Crippen molar-refractivity contribution < 1.29 is 27.9 Å². The Bertz CT molecular complexity index is 1420. The van der Waals surface area contributed by atoms with Gasteiger partial charge in [0.15, 0.2) is 5.82 Å². The van der Waals surface area contributed by atoms with Crippen LogP contribution in [0.2, 0.25) is 0 Å². The second-order valence-corrected chi connectivity index (χ2v) is 11.2. The molecule has 0 radical (unpaired) electrons. The number of alkyl halides is 2. The molecule has 0 unspecified atom stereocenters. The first-order valence-corrected chi connectivity index (χ1v) is 15.4. The van der Waals surface area contributed by atoms with Crippen LogP contribution in [0, 0.1) is 5.92 Å². The Balaban J connectivity index is 1.17. The number of ether oxygens (including phenoxy) is 1. The van der Waals surface area contributed by atoms with E-state index in [-0.39, 0.29) is 53.9 Å². The average molecular weight is 644 g/mol. The van der Waals surface area contributed by atoms with Crippen molar-refractivity contribution in [2.24, 2.45) is 5.92 Å².